The highest BCUT2D eigenvalue weighted by atomic mass is 16.3. The maximum Gasteiger partial charge on any atom is 0.121 e. The first-order valence-electron chi connectivity index (χ1n) is 16.1. The van der Waals surface area contributed by atoms with E-state index in [0.717, 1.165) is 23.1 Å². The van der Waals surface area contributed by atoms with Crippen molar-refractivity contribution in [2.75, 3.05) is 0 Å². The first-order chi connectivity index (χ1) is 21.8. The maximum atomic E-state index is 11.0. The number of benzene rings is 6. The van der Waals surface area contributed by atoms with Gasteiger partial charge >= 0.3 is 0 Å². The minimum Gasteiger partial charge on any atom is -0.507 e. The van der Waals surface area contributed by atoms with Crippen LogP contribution in [0.2, 0.25) is 0 Å². The van der Waals surface area contributed by atoms with Crippen molar-refractivity contribution >= 4 is 37.9 Å². The first-order valence-corrected chi connectivity index (χ1v) is 16.1. The highest BCUT2D eigenvalue weighted by Crippen LogP contribution is 2.47. The molecule has 6 aromatic rings. The van der Waals surface area contributed by atoms with Crippen molar-refractivity contribution in [3.63, 3.8) is 0 Å². The van der Waals surface area contributed by atoms with Crippen molar-refractivity contribution in [3.8, 4) is 22.3 Å². The van der Waals surface area contributed by atoms with Crippen LogP contribution in [0.3, 0.4) is 0 Å². The van der Waals surface area contributed by atoms with Gasteiger partial charge in [0.05, 0.1) is 0 Å². The van der Waals surface area contributed by atoms with Crippen molar-refractivity contribution in [1.82, 2.24) is 0 Å². The van der Waals surface area contributed by atoms with E-state index in [4.69, 9.17) is 0 Å². The summed E-state index contributed by atoms with van der Waals surface area (Å²) in [5.74, 6) is 0.267. The normalized spacial score (nSPS) is 12.4. The van der Waals surface area contributed by atoms with Crippen molar-refractivity contribution in [2.24, 2.45) is 0 Å². The summed E-state index contributed by atoms with van der Waals surface area (Å²) in [5.41, 5.74) is 11.2. The Balaban J connectivity index is 0.00000196. The van der Waals surface area contributed by atoms with Gasteiger partial charge in [0.15, 0.2) is 0 Å². The molecule has 0 amide bonds. The molecule has 6 aromatic carbocycles. The molecule has 0 saturated heterocycles. The van der Waals surface area contributed by atoms with Crippen LogP contribution in [-0.4, -0.2) is 5.11 Å². The predicted octanol–water partition coefficient (Wildman–Crippen LogP) is 13.4. The fourth-order valence-electron chi connectivity index (χ4n) is 6.70. The summed E-state index contributed by atoms with van der Waals surface area (Å²) >= 11 is 0. The Kier molecular flexibility index (Phi) is 9.40. The molecule has 6 rings (SSSR count). The molecule has 0 radical (unpaired) electrons. The molecule has 0 bridgehead atoms. The van der Waals surface area contributed by atoms with Crippen LogP contribution in [0.1, 0.15) is 59.1 Å². The van der Waals surface area contributed by atoms with Crippen molar-refractivity contribution in [3.05, 3.63) is 149 Å². The second-order valence-electron chi connectivity index (χ2n) is 11.6. The number of aliphatic hydroxyl groups is 1. The average Bonchev–Trinajstić information content (AvgIpc) is 3.08. The molecule has 1 N–H and O–H groups in total. The molecular weight excluding hydrogens is 544 g/mol. The number of hydrogen-bond acceptors (Lipinski definition) is 1. The van der Waals surface area contributed by atoms with Gasteiger partial charge in [0, 0.05) is 0 Å². The van der Waals surface area contributed by atoms with Gasteiger partial charge in [0.25, 0.3) is 0 Å². The average molecular weight is 589 g/mol. The lowest BCUT2D eigenvalue weighted by atomic mass is 9.81. The quantitative estimate of drug-likeness (QED) is 0.117. The Morgan fingerprint density at radius 2 is 1.04 bits per heavy atom. The van der Waals surface area contributed by atoms with E-state index in [9.17, 15) is 5.11 Å². The van der Waals surface area contributed by atoms with E-state index in [1.165, 1.54) is 65.7 Å². The Hall–Kier alpha value is -4.88. The molecule has 45 heavy (non-hydrogen) atoms. The van der Waals surface area contributed by atoms with E-state index < -0.39 is 0 Å². The lowest BCUT2D eigenvalue weighted by Crippen LogP contribution is -2.00. The highest BCUT2D eigenvalue weighted by Gasteiger charge is 2.21. The van der Waals surface area contributed by atoms with E-state index in [2.05, 4.69) is 137 Å². The third-order valence-corrected chi connectivity index (χ3v) is 8.95. The molecule has 0 aliphatic rings. The minimum absolute atomic E-state index is 0.267. The molecular formula is C44H44O. The molecule has 0 atom stereocenters. The largest absolute Gasteiger partial charge is 0.507 e. The summed E-state index contributed by atoms with van der Waals surface area (Å²) < 4.78 is 0. The maximum absolute atomic E-state index is 11.0. The van der Waals surface area contributed by atoms with E-state index in [1.54, 1.807) is 0 Å². The Bertz CT molecular complexity index is 2060. The Morgan fingerprint density at radius 1 is 0.600 bits per heavy atom. The molecule has 0 spiro atoms. The lowest BCUT2D eigenvalue weighted by molar-refractivity contribution is 0.419. The number of hydrogen-bond donors (Lipinski definition) is 1. The first kappa shape index (κ1) is 31.5. The minimum atomic E-state index is 0.267. The summed E-state index contributed by atoms with van der Waals surface area (Å²) in [7, 11) is 0. The molecule has 0 saturated carbocycles. The van der Waals surface area contributed by atoms with Gasteiger partial charge in [-0.15, -0.1) is 0 Å². The number of aliphatic hydroxyl groups excluding tert-OH is 1. The molecule has 226 valence electrons. The molecule has 0 aliphatic carbocycles. The summed E-state index contributed by atoms with van der Waals surface area (Å²) in [6, 6.07) is 39.6. The zero-order valence-corrected chi connectivity index (χ0v) is 27.8. The van der Waals surface area contributed by atoms with Gasteiger partial charge in [0.2, 0.25) is 0 Å². The lowest BCUT2D eigenvalue weighted by Gasteiger charge is -2.22. The van der Waals surface area contributed by atoms with Crippen LogP contribution in [0.5, 0.6) is 0 Å². The van der Waals surface area contributed by atoms with Crippen molar-refractivity contribution in [2.45, 2.75) is 54.9 Å². The van der Waals surface area contributed by atoms with Crippen molar-refractivity contribution < 1.29 is 5.11 Å². The van der Waals surface area contributed by atoms with E-state index in [1.807, 2.05) is 27.7 Å². The summed E-state index contributed by atoms with van der Waals surface area (Å²) in [4.78, 5) is 0. The predicted molar refractivity (Wildman–Crippen MR) is 199 cm³/mol. The fourth-order valence-corrected chi connectivity index (χ4v) is 6.70. The van der Waals surface area contributed by atoms with Gasteiger partial charge in [-0.1, -0.05) is 142 Å². The van der Waals surface area contributed by atoms with Crippen LogP contribution >= 0.6 is 0 Å². The van der Waals surface area contributed by atoms with Gasteiger partial charge < -0.3 is 5.11 Å². The standard InChI is InChI=1S/C42H38O.C2H6/c1-7-27(4)39(29(6)42(43)26(2)3)31-23-15-24-32(28(31)5)40-35-19-10-12-21-37(35)41(38-22-13-11-20-36(38)40)34-25-14-17-30-16-8-9-18-33(30)34;1-2/h8-25,43H,2,7H2,1,3-6H3;1-2H3/b39-27+,42-29+;. The van der Waals surface area contributed by atoms with Gasteiger partial charge in [-0.05, 0) is 117 Å². The monoisotopic (exact) mass is 588 g/mol. The zero-order chi connectivity index (χ0) is 32.2. The third-order valence-electron chi connectivity index (χ3n) is 8.95. The van der Waals surface area contributed by atoms with Gasteiger partial charge in [-0.25, -0.2) is 0 Å². The smallest absolute Gasteiger partial charge is 0.121 e. The summed E-state index contributed by atoms with van der Waals surface area (Å²) in [5, 5.41) is 18.5. The van der Waals surface area contributed by atoms with Gasteiger partial charge in [-0.2, -0.15) is 0 Å². The zero-order valence-electron chi connectivity index (χ0n) is 27.8. The SMILES string of the molecule is C=C(C)/C(O)=C(C)\C(=C(\C)CC)c1cccc(-c2c3ccccc3c(-c3cccc4ccccc34)c3ccccc23)c1C.CC. The Morgan fingerprint density at radius 3 is 1.58 bits per heavy atom. The van der Waals surface area contributed by atoms with E-state index in [0.29, 0.717) is 5.57 Å². The van der Waals surface area contributed by atoms with Crippen LogP contribution in [-0.2, 0) is 0 Å². The number of fused-ring (bicyclic) bond motifs is 3. The second-order valence-corrected chi connectivity index (χ2v) is 11.6. The van der Waals surface area contributed by atoms with E-state index in [-0.39, 0.29) is 5.76 Å². The van der Waals surface area contributed by atoms with Gasteiger partial charge in [-0.3, -0.25) is 0 Å². The number of rotatable bonds is 6. The molecule has 0 unspecified atom stereocenters. The van der Waals surface area contributed by atoms with Crippen LogP contribution in [0, 0.1) is 6.92 Å². The second kappa shape index (κ2) is 13.4. The molecule has 0 aromatic heterocycles. The summed E-state index contributed by atoms with van der Waals surface area (Å²) in [6.07, 6.45) is 0.894. The highest BCUT2D eigenvalue weighted by molar-refractivity contribution is 6.23. The van der Waals surface area contributed by atoms with Crippen LogP contribution in [0.4, 0.5) is 0 Å². The Labute approximate surface area is 268 Å². The van der Waals surface area contributed by atoms with Crippen LogP contribution in [0.25, 0.3) is 60.1 Å². The van der Waals surface area contributed by atoms with Gasteiger partial charge in [0.1, 0.15) is 5.76 Å². The topological polar surface area (TPSA) is 20.2 Å². The fraction of sp³-hybridized carbons (Fsp3) is 0.182. The third kappa shape index (κ3) is 5.60. The number of allylic oxidation sites excluding steroid dienone is 4. The molecule has 0 aliphatic heterocycles. The molecule has 0 heterocycles. The van der Waals surface area contributed by atoms with Crippen molar-refractivity contribution in [1.29, 1.82) is 0 Å². The molecule has 0 fully saturated rings. The molecule has 1 heteroatoms. The van der Waals surface area contributed by atoms with E-state index >= 15 is 0 Å². The summed E-state index contributed by atoms with van der Waals surface area (Å²) in [6.45, 7) is 18.4. The van der Waals surface area contributed by atoms with Crippen LogP contribution in [0.15, 0.2) is 138 Å². The molecule has 1 nitrogen and oxygen atoms in total. The van der Waals surface area contributed by atoms with Crippen LogP contribution < -0.4 is 0 Å².